The summed E-state index contributed by atoms with van der Waals surface area (Å²) in [6.07, 6.45) is 3.44. The van der Waals surface area contributed by atoms with E-state index in [2.05, 4.69) is 51.5 Å². The molecule has 7 heteroatoms. The predicted molar refractivity (Wildman–Crippen MR) is 102 cm³/mol. The monoisotopic (exact) mass is 378 g/mol. The van der Waals surface area contributed by atoms with E-state index in [-0.39, 0.29) is 17.9 Å². The second kappa shape index (κ2) is 8.48. The molecule has 142 valence electrons. The van der Waals surface area contributed by atoms with E-state index in [0.717, 1.165) is 51.4 Å². The summed E-state index contributed by atoms with van der Waals surface area (Å²) in [4.78, 5) is 7.07. The summed E-state index contributed by atoms with van der Waals surface area (Å²) in [7, 11) is 0. The van der Waals surface area contributed by atoms with Crippen LogP contribution in [0.3, 0.4) is 0 Å². The van der Waals surface area contributed by atoms with Crippen LogP contribution in [0, 0.1) is 0 Å². The fraction of sp³-hybridized carbons (Fsp3) is 0.579. The summed E-state index contributed by atoms with van der Waals surface area (Å²) in [6, 6.07) is 8.48. The van der Waals surface area contributed by atoms with Crippen LogP contribution in [0.25, 0.3) is 11.4 Å². The molecule has 26 heavy (non-hydrogen) atoms. The van der Waals surface area contributed by atoms with Gasteiger partial charge in [0.2, 0.25) is 11.7 Å². The maximum atomic E-state index is 5.57. The maximum absolute atomic E-state index is 5.57. The molecule has 1 unspecified atom stereocenters. The smallest absolute Gasteiger partial charge is 0.246 e. The normalized spacial score (nSPS) is 24.2. The van der Waals surface area contributed by atoms with Gasteiger partial charge in [0.25, 0.3) is 0 Å². The number of piperidine rings is 1. The van der Waals surface area contributed by atoms with E-state index in [9.17, 15) is 0 Å². The zero-order valence-corrected chi connectivity index (χ0v) is 16.1. The lowest BCUT2D eigenvalue weighted by molar-refractivity contribution is 0.0342. The number of aromatic nitrogens is 2. The fourth-order valence-electron chi connectivity index (χ4n) is 3.58. The summed E-state index contributed by atoms with van der Waals surface area (Å²) in [5, 5.41) is 7.72. The average Bonchev–Trinajstić information content (AvgIpc) is 3.15. The molecule has 2 aliphatic heterocycles. The first-order chi connectivity index (χ1) is 12.2. The molecule has 3 heterocycles. The lowest BCUT2D eigenvalue weighted by Crippen LogP contribution is -2.43. The number of nitrogens with one attached hydrogen (secondary N) is 1. The minimum absolute atomic E-state index is 0. The molecule has 6 nitrogen and oxygen atoms in total. The average molecular weight is 379 g/mol. The first kappa shape index (κ1) is 19.3. The van der Waals surface area contributed by atoms with Gasteiger partial charge in [-0.05, 0) is 38.3 Å². The van der Waals surface area contributed by atoms with Gasteiger partial charge in [0.15, 0.2) is 0 Å². The van der Waals surface area contributed by atoms with Crippen LogP contribution < -0.4 is 5.32 Å². The zero-order chi connectivity index (χ0) is 17.1. The van der Waals surface area contributed by atoms with E-state index in [0.29, 0.717) is 11.7 Å². The third kappa shape index (κ3) is 4.26. The third-order valence-corrected chi connectivity index (χ3v) is 5.24. The summed E-state index contributed by atoms with van der Waals surface area (Å²) in [5.74, 6) is 1.36. The molecule has 1 atom stereocenters. The topological polar surface area (TPSA) is 63.4 Å². The molecule has 0 spiro atoms. The van der Waals surface area contributed by atoms with Gasteiger partial charge in [0.05, 0.1) is 18.8 Å². The lowest BCUT2D eigenvalue weighted by Gasteiger charge is -2.31. The molecule has 1 aromatic heterocycles. The molecule has 0 saturated carbocycles. The molecule has 2 fully saturated rings. The number of ether oxygens (including phenoxy) is 1. The highest BCUT2D eigenvalue weighted by atomic mass is 35.5. The zero-order valence-electron chi connectivity index (χ0n) is 15.2. The van der Waals surface area contributed by atoms with Crippen molar-refractivity contribution < 1.29 is 9.26 Å². The number of hydrogen-bond donors (Lipinski definition) is 1. The second-order valence-corrected chi connectivity index (χ2v) is 7.22. The number of morpholine rings is 1. The van der Waals surface area contributed by atoms with Gasteiger partial charge in [-0.3, -0.25) is 4.90 Å². The molecule has 2 aliphatic rings. The molecular formula is C19H27ClN4O2. The van der Waals surface area contributed by atoms with Gasteiger partial charge in [-0.25, -0.2) is 0 Å². The Morgan fingerprint density at radius 1 is 1.15 bits per heavy atom. The van der Waals surface area contributed by atoms with Gasteiger partial charge in [-0.2, -0.15) is 4.98 Å². The van der Waals surface area contributed by atoms with E-state index in [4.69, 9.17) is 9.26 Å². The second-order valence-electron chi connectivity index (χ2n) is 7.22. The molecule has 4 rings (SSSR count). The van der Waals surface area contributed by atoms with Crippen LogP contribution in [-0.2, 0) is 16.8 Å². The van der Waals surface area contributed by atoms with Gasteiger partial charge in [0.1, 0.15) is 0 Å². The molecule has 1 N–H and O–H groups in total. The van der Waals surface area contributed by atoms with Crippen molar-refractivity contribution in [2.75, 3.05) is 32.8 Å². The highest BCUT2D eigenvalue weighted by molar-refractivity contribution is 5.85. The highest BCUT2D eigenvalue weighted by Gasteiger charge is 2.34. The predicted octanol–water partition coefficient (Wildman–Crippen LogP) is 2.98. The molecule has 0 aliphatic carbocycles. The Balaban J connectivity index is 0.00000196. The maximum Gasteiger partial charge on any atom is 0.246 e. The molecular weight excluding hydrogens is 352 g/mol. The summed E-state index contributed by atoms with van der Waals surface area (Å²) in [6.45, 7) is 7.78. The van der Waals surface area contributed by atoms with E-state index in [1.807, 2.05) is 0 Å². The van der Waals surface area contributed by atoms with Gasteiger partial charge in [-0.15, -0.1) is 12.4 Å². The Labute approximate surface area is 160 Å². The van der Waals surface area contributed by atoms with Gasteiger partial charge >= 0.3 is 0 Å². The van der Waals surface area contributed by atoms with Crippen molar-refractivity contribution in [1.82, 2.24) is 20.4 Å². The van der Waals surface area contributed by atoms with Crippen LogP contribution in [0.1, 0.15) is 37.6 Å². The van der Waals surface area contributed by atoms with Crippen LogP contribution in [-0.4, -0.2) is 47.9 Å². The number of benzene rings is 1. The standard InChI is InChI=1S/C19H26N4O2.ClH/c1-19(8-2-3-9-20-19)18-21-17(22-25-18)16-6-4-15(5-7-16)14-23-10-12-24-13-11-23;/h4-7,20H,2-3,8-14H2,1H3;1H. The van der Waals surface area contributed by atoms with Crippen molar-refractivity contribution in [3.63, 3.8) is 0 Å². The van der Waals surface area contributed by atoms with Crippen molar-refractivity contribution in [2.45, 2.75) is 38.3 Å². The van der Waals surface area contributed by atoms with Crippen LogP contribution in [0.2, 0.25) is 0 Å². The van der Waals surface area contributed by atoms with Crippen LogP contribution >= 0.6 is 12.4 Å². The first-order valence-electron chi connectivity index (χ1n) is 9.22. The number of nitrogens with zero attached hydrogens (tertiary/aromatic N) is 3. The molecule has 0 amide bonds. The van der Waals surface area contributed by atoms with Gasteiger partial charge < -0.3 is 14.6 Å². The first-order valence-corrected chi connectivity index (χ1v) is 9.22. The van der Waals surface area contributed by atoms with Crippen LogP contribution in [0.15, 0.2) is 28.8 Å². The largest absolute Gasteiger partial charge is 0.379 e. The number of hydrogen-bond acceptors (Lipinski definition) is 6. The number of rotatable bonds is 4. The van der Waals surface area contributed by atoms with E-state index < -0.39 is 0 Å². The Morgan fingerprint density at radius 3 is 2.62 bits per heavy atom. The van der Waals surface area contributed by atoms with E-state index in [1.54, 1.807) is 0 Å². The van der Waals surface area contributed by atoms with Crippen molar-refractivity contribution in [1.29, 1.82) is 0 Å². The minimum atomic E-state index is -0.195. The van der Waals surface area contributed by atoms with E-state index in [1.165, 1.54) is 18.4 Å². The Hall–Kier alpha value is -1.47. The lowest BCUT2D eigenvalue weighted by atomic mass is 9.91. The van der Waals surface area contributed by atoms with Crippen molar-refractivity contribution in [2.24, 2.45) is 0 Å². The SMILES string of the molecule is CC1(c2nc(-c3ccc(CN4CCOCC4)cc3)no2)CCCCN1.Cl. The Morgan fingerprint density at radius 2 is 1.92 bits per heavy atom. The molecule has 2 saturated heterocycles. The fourth-order valence-corrected chi connectivity index (χ4v) is 3.58. The third-order valence-electron chi connectivity index (χ3n) is 5.24. The van der Waals surface area contributed by atoms with Crippen molar-refractivity contribution in [3.05, 3.63) is 35.7 Å². The summed E-state index contributed by atoms with van der Waals surface area (Å²) in [5.41, 5.74) is 2.11. The van der Waals surface area contributed by atoms with Crippen LogP contribution in [0.5, 0.6) is 0 Å². The molecule has 0 radical (unpaired) electrons. The van der Waals surface area contributed by atoms with Crippen molar-refractivity contribution in [3.8, 4) is 11.4 Å². The molecule has 2 aromatic rings. The quantitative estimate of drug-likeness (QED) is 0.882. The van der Waals surface area contributed by atoms with Gasteiger partial charge in [-0.1, -0.05) is 29.4 Å². The Kier molecular flexibility index (Phi) is 6.29. The van der Waals surface area contributed by atoms with E-state index >= 15 is 0 Å². The molecule has 0 bridgehead atoms. The van der Waals surface area contributed by atoms with Crippen molar-refractivity contribution >= 4 is 12.4 Å². The molecule has 1 aromatic carbocycles. The van der Waals surface area contributed by atoms with Crippen LogP contribution in [0.4, 0.5) is 0 Å². The minimum Gasteiger partial charge on any atom is -0.379 e. The summed E-state index contributed by atoms with van der Waals surface area (Å²) >= 11 is 0. The summed E-state index contributed by atoms with van der Waals surface area (Å²) < 4.78 is 11.0. The van der Waals surface area contributed by atoms with Gasteiger partial charge in [0, 0.05) is 25.2 Å². The Bertz CT molecular complexity index is 692. The number of halogens is 1. The highest BCUT2D eigenvalue weighted by Crippen LogP contribution is 2.30.